The van der Waals surface area contributed by atoms with Crippen molar-refractivity contribution in [1.82, 2.24) is 0 Å². The quantitative estimate of drug-likeness (QED) is 0.477. The smallest absolute Gasteiger partial charge is 0.324 e. The van der Waals surface area contributed by atoms with Gasteiger partial charge in [-0.25, -0.2) is 8.42 Å². The molecular formula is C23H21F3N2O3S. The molecule has 0 aliphatic carbocycles. The summed E-state index contributed by atoms with van der Waals surface area (Å²) in [6.45, 7) is 1.73. The number of nitrogens with one attached hydrogen (secondary N) is 2. The molecule has 0 aliphatic heterocycles. The molecule has 1 unspecified atom stereocenters. The molecule has 0 radical (unpaired) electrons. The molecular weight excluding hydrogens is 441 g/mol. The van der Waals surface area contributed by atoms with Crippen molar-refractivity contribution in [3.05, 3.63) is 90.0 Å². The normalized spacial score (nSPS) is 12.8. The van der Waals surface area contributed by atoms with Crippen LogP contribution < -0.4 is 10.0 Å². The third-order valence-corrected chi connectivity index (χ3v) is 6.18. The number of carbonyl (C=O) groups excluding carboxylic acids is 1. The predicted molar refractivity (Wildman–Crippen MR) is 117 cm³/mol. The number of benzene rings is 3. The second kappa shape index (κ2) is 9.44. The molecule has 3 aromatic carbocycles. The first-order valence-electron chi connectivity index (χ1n) is 9.70. The molecule has 0 spiro atoms. The maximum atomic E-state index is 12.7. The van der Waals surface area contributed by atoms with E-state index in [0.717, 1.165) is 12.1 Å². The van der Waals surface area contributed by atoms with E-state index in [1.165, 1.54) is 30.3 Å². The van der Waals surface area contributed by atoms with Crippen molar-refractivity contribution in [2.24, 2.45) is 0 Å². The minimum atomic E-state index is -4.42. The van der Waals surface area contributed by atoms with Crippen molar-refractivity contribution >= 4 is 27.3 Å². The molecule has 0 heterocycles. The number of sulfonamides is 1. The van der Waals surface area contributed by atoms with Crippen LogP contribution in [0, 0.1) is 0 Å². The number of amides is 1. The SMILES string of the molecule is CC(CC(=O)Nc1ccccc1NS(=O)(=O)c1ccccc1)c1ccc(C(F)(F)F)cc1. The van der Waals surface area contributed by atoms with E-state index in [1.54, 1.807) is 43.3 Å². The lowest BCUT2D eigenvalue weighted by Crippen LogP contribution is -2.18. The minimum absolute atomic E-state index is 0.00509. The van der Waals surface area contributed by atoms with Crippen LogP contribution in [0.2, 0.25) is 0 Å². The summed E-state index contributed by atoms with van der Waals surface area (Å²) >= 11 is 0. The summed E-state index contributed by atoms with van der Waals surface area (Å²) in [5.74, 6) is -0.741. The predicted octanol–water partition coefficient (Wildman–Crippen LogP) is 5.64. The third kappa shape index (κ3) is 5.88. The Morgan fingerprint density at radius 1 is 0.875 bits per heavy atom. The number of anilines is 2. The van der Waals surface area contributed by atoms with Gasteiger partial charge in [0.15, 0.2) is 0 Å². The number of carbonyl (C=O) groups is 1. The number of halogens is 3. The molecule has 5 nitrogen and oxygen atoms in total. The van der Waals surface area contributed by atoms with Crippen LogP contribution in [0.3, 0.4) is 0 Å². The summed E-state index contributed by atoms with van der Waals surface area (Å²) in [6, 6.07) is 18.8. The van der Waals surface area contributed by atoms with Gasteiger partial charge >= 0.3 is 6.18 Å². The summed E-state index contributed by atoms with van der Waals surface area (Å²) in [6.07, 6.45) is -4.42. The lowest BCUT2D eigenvalue weighted by Gasteiger charge is -2.16. The van der Waals surface area contributed by atoms with Gasteiger partial charge in [-0.1, -0.05) is 49.4 Å². The number of hydrogen-bond acceptors (Lipinski definition) is 3. The van der Waals surface area contributed by atoms with Crippen LogP contribution in [0.25, 0.3) is 0 Å². The molecule has 1 atom stereocenters. The van der Waals surface area contributed by atoms with Crippen LogP contribution in [-0.4, -0.2) is 14.3 Å². The molecule has 0 fully saturated rings. The number of rotatable bonds is 7. The Bertz CT molecular complexity index is 1180. The van der Waals surface area contributed by atoms with Crippen LogP contribution in [0.4, 0.5) is 24.5 Å². The summed E-state index contributed by atoms with van der Waals surface area (Å²) in [5, 5.41) is 2.68. The lowest BCUT2D eigenvalue weighted by atomic mass is 9.96. The second-order valence-corrected chi connectivity index (χ2v) is 8.92. The van der Waals surface area contributed by atoms with Gasteiger partial charge in [-0.05, 0) is 47.9 Å². The van der Waals surface area contributed by atoms with Crippen LogP contribution in [0.15, 0.2) is 83.8 Å². The Balaban J connectivity index is 1.69. The Labute approximate surface area is 184 Å². The van der Waals surface area contributed by atoms with Crippen molar-refractivity contribution in [1.29, 1.82) is 0 Å². The van der Waals surface area contributed by atoms with Crippen LogP contribution in [0.1, 0.15) is 30.4 Å². The van der Waals surface area contributed by atoms with Crippen molar-refractivity contribution in [3.8, 4) is 0 Å². The molecule has 168 valence electrons. The van der Waals surface area contributed by atoms with E-state index in [-0.39, 0.29) is 28.6 Å². The van der Waals surface area contributed by atoms with E-state index < -0.39 is 27.7 Å². The topological polar surface area (TPSA) is 75.3 Å². The highest BCUT2D eigenvalue weighted by Crippen LogP contribution is 2.31. The van der Waals surface area contributed by atoms with Gasteiger partial charge in [0.25, 0.3) is 10.0 Å². The summed E-state index contributed by atoms with van der Waals surface area (Å²) < 4.78 is 65.8. The molecule has 0 aromatic heterocycles. The second-order valence-electron chi connectivity index (χ2n) is 7.24. The van der Waals surface area contributed by atoms with E-state index in [1.807, 2.05) is 0 Å². The molecule has 3 rings (SSSR count). The molecule has 2 N–H and O–H groups in total. The molecule has 1 amide bonds. The van der Waals surface area contributed by atoms with Gasteiger partial charge < -0.3 is 5.32 Å². The Morgan fingerprint density at radius 2 is 1.44 bits per heavy atom. The van der Waals surface area contributed by atoms with Crippen LogP contribution in [-0.2, 0) is 21.0 Å². The standard InChI is InChI=1S/C23H21F3N2O3S/c1-16(17-11-13-18(14-12-17)23(24,25)26)15-22(29)27-20-9-5-6-10-21(20)28-32(30,31)19-7-3-2-4-8-19/h2-14,16,28H,15H2,1H3,(H,27,29). The van der Waals surface area contributed by atoms with Gasteiger partial charge in [-0.2, -0.15) is 13.2 Å². The fourth-order valence-corrected chi connectivity index (χ4v) is 4.18. The largest absolute Gasteiger partial charge is 0.416 e. The number of alkyl halides is 3. The highest BCUT2D eigenvalue weighted by molar-refractivity contribution is 7.92. The first-order valence-corrected chi connectivity index (χ1v) is 11.2. The summed E-state index contributed by atoms with van der Waals surface area (Å²) in [7, 11) is -3.85. The van der Waals surface area contributed by atoms with Gasteiger partial charge in [0, 0.05) is 6.42 Å². The first kappa shape index (κ1) is 23.3. The van der Waals surface area contributed by atoms with Crippen molar-refractivity contribution in [3.63, 3.8) is 0 Å². The molecule has 32 heavy (non-hydrogen) atoms. The number of para-hydroxylation sites is 2. The summed E-state index contributed by atoms with van der Waals surface area (Å²) in [5.41, 5.74) is 0.312. The minimum Gasteiger partial charge on any atom is -0.324 e. The maximum Gasteiger partial charge on any atom is 0.416 e. The first-order chi connectivity index (χ1) is 15.1. The zero-order chi connectivity index (χ0) is 23.4. The van der Waals surface area contributed by atoms with Gasteiger partial charge in [-0.3, -0.25) is 9.52 Å². The third-order valence-electron chi connectivity index (χ3n) is 4.80. The average molecular weight is 462 g/mol. The van der Waals surface area contributed by atoms with Crippen molar-refractivity contribution in [2.75, 3.05) is 10.0 Å². The average Bonchev–Trinajstić information content (AvgIpc) is 2.75. The fraction of sp³-hybridized carbons (Fsp3) is 0.174. The van der Waals surface area contributed by atoms with Gasteiger partial charge in [-0.15, -0.1) is 0 Å². The monoisotopic (exact) mass is 462 g/mol. The van der Waals surface area contributed by atoms with Crippen molar-refractivity contribution < 1.29 is 26.4 Å². The lowest BCUT2D eigenvalue weighted by molar-refractivity contribution is -0.137. The van der Waals surface area contributed by atoms with E-state index >= 15 is 0 Å². The van der Waals surface area contributed by atoms with E-state index in [0.29, 0.717) is 5.56 Å². The van der Waals surface area contributed by atoms with E-state index in [9.17, 15) is 26.4 Å². The highest BCUT2D eigenvalue weighted by atomic mass is 32.2. The van der Waals surface area contributed by atoms with E-state index in [4.69, 9.17) is 0 Å². The van der Waals surface area contributed by atoms with Gasteiger partial charge in [0.1, 0.15) is 0 Å². The Hall–Kier alpha value is -3.33. The Morgan fingerprint density at radius 3 is 2.03 bits per heavy atom. The molecule has 0 saturated heterocycles. The molecule has 0 saturated carbocycles. The number of hydrogen-bond donors (Lipinski definition) is 2. The highest BCUT2D eigenvalue weighted by Gasteiger charge is 2.30. The van der Waals surface area contributed by atoms with Gasteiger partial charge in [0.2, 0.25) is 5.91 Å². The maximum absolute atomic E-state index is 12.7. The molecule has 3 aromatic rings. The molecule has 9 heteroatoms. The van der Waals surface area contributed by atoms with Crippen molar-refractivity contribution in [2.45, 2.75) is 30.3 Å². The zero-order valence-electron chi connectivity index (χ0n) is 17.1. The summed E-state index contributed by atoms with van der Waals surface area (Å²) in [4.78, 5) is 12.6. The van der Waals surface area contributed by atoms with Crippen LogP contribution in [0.5, 0.6) is 0 Å². The van der Waals surface area contributed by atoms with E-state index in [2.05, 4.69) is 10.0 Å². The van der Waals surface area contributed by atoms with Crippen LogP contribution >= 0.6 is 0 Å². The Kier molecular flexibility index (Phi) is 6.88. The molecule has 0 aliphatic rings. The fourth-order valence-electron chi connectivity index (χ4n) is 3.08. The van der Waals surface area contributed by atoms with Gasteiger partial charge in [0.05, 0.1) is 21.8 Å². The zero-order valence-corrected chi connectivity index (χ0v) is 17.9. The molecule has 0 bridgehead atoms.